The first-order valence-electron chi connectivity index (χ1n) is 12.1. The molecular weight excluding hydrogens is 486 g/mol. The fourth-order valence-corrected chi connectivity index (χ4v) is 8.65. The highest BCUT2D eigenvalue weighted by molar-refractivity contribution is 8.10. The topological polar surface area (TPSA) is 96.8 Å². The molecule has 1 aliphatic heterocycles. The number of pyridine rings is 1. The van der Waals surface area contributed by atoms with Crippen LogP contribution in [0.3, 0.4) is 0 Å². The van der Waals surface area contributed by atoms with Gasteiger partial charge in [0.05, 0.1) is 17.2 Å². The van der Waals surface area contributed by atoms with Crippen molar-refractivity contribution in [3.05, 3.63) is 52.0 Å². The van der Waals surface area contributed by atoms with Crippen molar-refractivity contribution in [3.8, 4) is 11.1 Å². The maximum absolute atomic E-state index is 13.0. The van der Waals surface area contributed by atoms with E-state index in [9.17, 15) is 21.6 Å². The maximum Gasteiger partial charge on any atom is 0.254 e. The molecule has 0 radical (unpaired) electrons. The van der Waals surface area contributed by atoms with Crippen molar-refractivity contribution in [1.82, 2.24) is 4.57 Å². The molecule has 5 rings (SSSR count). The number of aromatic nitrogens is 1. The summed E-state index contributed by atoms with van der Waals surface area (Å²) in [6, 6.07) is 5.10. The van der Waals surface area contributed by atoms with Gasteiger partial charge in [0.2, 0.25) is 20.0 Å². The Balaban J connectivity index is 1.75. The van der Waals surface area contributed by atoms with Crippen LogP contribution >= 0.6 is 0 Å². The third-order valence-electron chi connectivity index (χ3n) is 7.58. The smallest absolute Gasteiger partial charge is 0.254 e. The molecule has 2 aliphatic carbocycles. The van der Waals surface area contributed by atoms with E-state index in [1.165, 1.54) is 26.7 Å². The van der Waals surface area contributed by atoms with Crippen molar-refractivity contribution in [2.45, 2.75) is 39.5 Å². The molecule has 0 amide bonds. The van der Waals surface area contributed by atoms with Crippen molar-refractivity contribution in [2.75, 3.05) is 33.2 Å². The molecule has 0 atom stereocenters. The van der Waals surface area contributed by atoms with Crippen molar-refractivity contribution in [2.24, 2.45) is 12.5 Å². The summed E-state index contributed by atoms with van der Waals surface area (Å²) in [6.45, 7) is 4.69. The summed E-state index contributed by atoms with van der Waals surface area (Å²) >= 11 is 0. The van der Waals surface area contributed by atoms with Crippen LogP contribution in [0.4, 0.5) is 11.4 Å². The van der Waals surface area contributed by atoms with Crippen LogP contribution < -0.4 is 14.2 Å². The van der Waals surface area contributed by atoms with Crippen LogP contribution in [0.5, 0.6) is 0 Å². The van der Waals surface area contributed by atoms with Crippen LogP contribution in [0, 0.1) is 5.41 Å². The van der Waals surface area contributed by atoms with Gasteiger partial charge in [-0.25, -0.2) is 16.8 Å². The van der Waals surface area contributed by atoms with E-state index in [-0.39, 0.29) is 22.8 Å². The minimum Gasteiger partial charge on any atom is -0.370 e. The van der Waals surface area contributed by atoms with Crippen LogP contribution in [0.2, 0.25) is 0 Å². The Bertz CT molecular complexity index is 1470. The minimum atomic E-state index is -4.09. The van der Waals surface area contributed by atoms with E-state index >= 15 is 0 Å². The second-order valence-electron chi connectivity index (χ2n) is 9.83. The van der Waals surface area contributed by atoms with Crippen molar-refractivity contribution in [3.63, 3.8) is 0 Å². The summed E-state index contributed by atoms with van der Waals surface area (Å²) in [5.74, 6) is -0.675. The molecule has 8 nitrogen and oxygen atoms in total. The molecule has 1 aromatic heterocycles. The number of hydrogen-bond acceptors (Lipinski definition) is 6. The normalized spacial score (nSPS) is 18.3. The lowest BCUT2D eigenvalue weighted by Crippen LogP contribution is -2.39. The van der Waals surface area contributed by atoms with Gasteiger partial charge in [-0.05, 0) is 68.7 Å². The van der Waals surface area contributed by atoms with E-state index < -0.39 is 20.0 Å². The van der Waals surface area contributed by atoms with Gasteiger partial charge in [-0.15, -0.1) is 0 Å². The average Bonchev–Trinajstić information content (AvgIpc) is 3.20. The molecule has 0 bridgehead atoms. The Morgan fingerprint density at radius 3 is 2.29 bits per heavy atom. The van der Waals surface area contributed by atoms with E-state index in [1.807, 2.05) is 18.2 Å². The number of rotatable bonds is 7. The van der Waals surface area contributed by atoms with Gasteiger partial charge in [-0.1, -0.05) is 12.2 Å². The van der Waals surface area contributed by atoms with Crippen molar-refractivity contribution in [1.29, 1.82) is 0 Å². The number of fused-ring (bicyclic) bond motifs is 1. The van der Waals surface area contributed by atoms with Crippen LogP contribution in [0.15, 0.2) is 35.3 Å². The summed E-state index contributed by atoms with van der Waals surface area (Å²) in [4.78, 5) is 15.1. The van der Waals surface area contributed by atoms with Crippen LogP contribution in [0.1, 0.15) is 44.2 Å². The van der Waals surface area contributed by atoms with Crippen LogP contribution in [-0.4, -0.2) is 46.0 Å². The zero-order chi connectivity index (χ0) is 25.2. The Morgan fingerprint density at radius 2 is 1.69 bits per heavy atom. The molecule has 35 heavy (non-hydrogen) atoms. The van der Waals surface area contributed by atoms with Crippen molar-refractivity contribution < 1.29 is 16.8 Å². The minimum absolute atomic E-state index is 0.0618. The van der Waals surface area contributed by atoms with Gasteiger partial charge in [0, 0.05) is 48.7 Å². The quantitative estimate of drug-likeness (QED) is 0.560. The summed E-state index contributed by atoms with van der Waals surface area (Å²) < 4.78 is 53.9. The number of nitrogens with zero attached hydrogens (tertiary/aromatic N) is 3. The third kappa shape index (κ3) is 4.00. The van der Waals surface area contributed by atoms with Gasteiger partial charge < -0.3 is 9.47 Å². The number of sulfonamides is 2. The summed E-state index contributed by atoms with van der Waals surface area (Å²) in [5, 5.41) is 0. The molecule has 0 N–H and O–H groups in total. The molecule has 3 aliphatic rings. The Morgan fingerprint density at radius 1 is 1.00 bits per heavy atom. The summed E-state index contributed by atoms with van der Waals surface area (Å²) in [5.41, 5.74) is 4.38. The van der Waals surface area contributed by atoms with E-state index in [1.54, 1.807) is 29.9 Å². The lowest BCUT2D eigenvalue weighted by Gasteiger charge is -2.27. The van der Waals surface area contributed by atoms with E-state index in [4.69, 9.17) is 0 Å². The number of hydrogen-bond donors (Lipinski definition) is 0. The molecule has 0 unspecified atom stereocenters. The van der Waals surface area contributed by atoms with Gasteiger partial charge in [0.1, 0.15) is 0 Å². The van der Waals surface area contributed by atoms with Crippen LogP contribution in [-0.2, 0) is 33.5 Å². The molecule has 188 valence electrons. The lowest BCUT2D eigenvalue weighted by molar-refractivity contribution is 0.581. The SMILES string of the molecule is CCS(=O)(=O)N(c1ccc(N2CCC3(CC3)C2)c(-c2cn(C)c(=O)c3c2C=CC3)c1)S(=O)(=O)CC. The first-order chi connectivity index (χ1) is 16.5. The molecule has 1 aromatic carbocycles. The van der Waals surface area contributed by atoms with Crippen LogP contribution in [0.25, 0.3) is 17.2 Å². The van der Waals surface area contributed by atoms with E-state index in [2.05, 4.69) is 4.90 Å². The van der Waals surface area contributed by atoms with Gasteiger partial charge in [-0.2, -0.15) is 3.71 Å². The second kappa shape index (κ2) is 8.23. The van der Waals surface area contributed by atoms with E-state index in [0.29, 0.717) is 21.1 Å². The van der Waals surface area contributed by atoms with Gasteiger partial charge in [-0.3, -0.25) is 4.79 Å². The molecule has 1 spiro atoms. The largest absolute Gasteiger partial charge is 0.370 e. The number of aryl methyl sites for hydroxylation is 1. The predicted octanol–water partition coefficient (Wildman–Crippen LogP) is 3.12. The fourth-order valence-electron chi connectivity index (χ4n) is 5.29. The number of benzene rings is 1. The molecule has 1 saturated heterocycles. The second-order valence-corrected chi connectivity index (χ2v) is 14.3. The first-order valence-corrected chi connectivity index (χ1v) is 15.3. The third-order valence-corrected chi connectivity index (χ3v) is 11.8. The first kappa shape index (κ1) is 24.1. The molecule has 2 fully saturated rings. The zero-order valence-electron chi connectivity index (χ0n) is 20.3. The highest BCUT2D eigenvalue weighted by atomic mass is 32.3. The standard InChI is InChI=1S/C25H31N3O5S2/c1-4-34(30,31)28(35(32,33)5-2)18-9-10-23(27-14-13-25(17-27)11-12-25)21(15-18)22-16-26(3)24(29)20-8-6-7-19(20)22/h6-7,9-10,15-16H,4-5,8,11-14,17H2,1-3H3. The van der Waals surface area contributed by atoms with Gasteiger partial charge in [0.15, 0.2) is 0 Å². The molecule has 2 heterocycles. The zero-order valence-corrected chi connectivity index (χ0v) is 22.0. The Labute approximate surface area is 207 Å². The summed E-state index contributed by atoms with van der Waals surface area (Å²) in [6.07, 6.45) is 9.73. The Hall–Kier alpha value is -2.59. The molecule has 2 aromatic rings. The molecular formula is C25H31N3O5S2. The predicted molar refractivity (Wildman–Crippen MR) is 140 cm³/mol. The number of allylic oxidation sites excluding steroid dienone is 1. The fraction of sp³-hybridized carbons (Fsp3) is 0.480. The Kier molecular flexibility index (Phi) is 5.67. The van der Waals surface area contributed by atoms with Crippen molar-refractivity contribution >= 4 is 37.5 Å². The van der Waals surface area contributed by atoms with E-state index in [0.717, 1.165) is 41.9 Å². The average molecular weight is 518 g/mol. The lowest BCUT2D eigenvalue weighted by atomic mass is 9.97. The molecule has 10 heteroatoms. The monoisotopic (exact) mass is 517 g/mol. The highest BCUT2D eigenvalue weighted by Crippen LogP contribution is 2.54. The number of anilines is 2. The molecule has 1 saturated carbocycles. The maximum atomic E-state index is 13.0. The van der Waals surface area contributed by atoms with Gasteiger partial charge >= 0.3 is 0 Å². The summed E-state index contributed by atoms with van der Waals surface area (Å²) in [7, 11) is -6.47. The van der Waals surface area contributed by atoms with Gasteiger partial charge in [0.25, 0.3) is 5.56 Å². The highest BCUT2D eigenvalue weighted by Gasteiger charge is 2.48.